The quantitative estimate of drug-likeness (QED) is 0.663. The maximum Gasteiger partial charge on any atom is 0.0412 e. The molecule has 2 rings (SSSR count). The van der Waals surface area contributed by atoms with Crippen LogP contribution in [0.15, 0.2) is 36.4 Å². The molecule has 0 aliphatic heterocycles. The predicted octanol–water partition coefficient (Wildman–Crippen LogP) is 4.39. The Morgan fingerprint density at radius 3 is 2.77 bits per heavy atom. The predicted molar refractivity (Wildman–Crippen MR) is 61.6 cm³/mol. The van der Waals surface area contributed by atoms with Crippen LogP contribution >= 0.6 is 27.5 Å². The largest absolute Gasteiger partial charge is 0.0876 e. The van der Waals surface area contributed by atoms with Gasteiger partial charge in [0.05, 0.1) is 0 Å². The highest BCUT2D eigenvalue weighted by molar-refractivity contribution is 9.08. The van der Waals surface area contributed by atoms with E-state index in [-0.39, 0.29) is 0 Å². The van der Waals surface area contributed by atoms with Crippen molar-refractivity contribution in [3.8, 4) is 0 Å². The summed E-state index contributed by atoms with van der Waals surface area (Å²) in [4.78, 5) is 0. The van der Waals surface area contributed by atoms with Gasteiger partial charge in [0.1, 0.15) is 0 Å². The summed E-state index contributed by atoms with van der Waals surface area (Å²) in [5.74, 6) is 0. The van der Waals surface area contributed by atoms with E-state index < -0.39 is 0 Å². The lowest BCUT2D eigenvalue weighted by Gasteiger charge is -2.03. The maximum atomic E-state index is 5.93. The molecule has 2 heteroatoms. The van der Waals surface area contributed by atoms with Crippen molar-refractivity contribution in [3.63, 3.8) is 0 Å². The molecule has 0 aliphatic rings. The van der Waals surface area contributed by atoms with E-state index >= 15 is 0 Å². The minimum atomic E-state index is 0.793. The van der Waals surface area contributed by atoms with Gasteiger partial charge in [0.2, 0.25) is 0 Å². The van der Waals surface area contributed by atoms with Crippen molar-refractivity contribution in [2.24, 2.45) is 0 Å². The number of halogens is 2. The molecule has 0 atom stereocenters. The van der Waals surface area contributed by atoms with Crippen molar-refractivity contribution in [1.82, 2.24) is 0 Å². The average Bonchev–Trinajstić information content (AvgIpc) is 2.17. The Morgan fingerprint density at radius 2 is 2.00 bits per heavy atom. The molecule has 2 aromatic carbocycles. The molecule has 0 bridgehead atoms. The Hall–Kier alpha value is -0.530. The van der Waals surface area contributed by atoms with E-state index in [1.54, 1.807) is 0 Å². The third kappa shape index (κ3) is 1.72. The van der Waals surface area contributed by atoms with Crippen molar-refractivity contribution in [2.45, 2.75) is 5.33 Å². The second-order valence-corrected chi connectivity index (χ2v) is 3.91. The van der Waals surface area contributed by atoms with Crippen LogP contribution in [0.3, 0.4) is 0 Å². The highest BCUT2D eigenvalue weighted by atomic mass is 79.9. The molecule has 0 radical (unpaired) electrons. The molecule has 0 saturated heterocycles. The number of hydrogen-bond acceptors (Lipinski definition) is 0. The number of alkyl halides is 1. The normalized spacial score (nSPS) is 10.6. The zero-order valence-electron chi connectivity index (χ0n) is 6.93. The first-order valence-electron chi connectivity index (χ1n) is 4.04. The highest BCUT2D eigenvalue weighted by Gasteiger charge is 1.99. The Kier molecular flexibility index (Phi) is 2.56. The Labute approximate surface area is 90.6 Å². The second-order valence-electron chi connectivity index (χ2n) is 2.92. The monoisotopic (exact) mass is 254 g/mol. The van der Waals surface area contributed by atoms with Crippen molar-refractivity contribution in [3.05, 3.63) is 47.0 Å². The SMILES string of the molecule is Clc1ccc2cccc(CBr)c2c1. The molecule has 0 unspecified atom stereocenters. The topological polar surface area (TPSA) is 0 Å². The molecule has 66 valence electrons. The molecule has 2 aromatic rings. The van der Waals surface area contributed by atoms with Crippen LogP contribution in [0.25, 0.3) is 10.8 Å². The molecule has 0 N–H and O–H groups in total. The van der Waals surface area contributed by atoms with Crippen molar-refractivity contribution < 1.29 is 0 Å². The van der Waals surface area contributed by atoms with Gasteiger partial charge in [-0.25, -0.2) is 0 Å². The van der Waals surface area contributed by atoms with Gasteiger partial charge in [-0.3, -0.25) is 0 Å². The summed E-state index contributed by atoms with van der Waals surface area (Å²) >= 11 is 9.39. The van der Waals surface area contributed by atoms with Gasteiger partial charge in [0.15, 0.2) is 0 Å². The third-order valence-corrected chi connectivity index (χ3v) is 2.92. The van der Waals surface area contributed by atoms with E-state index in [0.29, 0.717) is 0 Å². The standard InChI is InChI=1S/C11H8BrCl/c12-7-9-3-1-2-8-4-5-10(13)6-11(8)9/h1-6H,7H2. The fraction of sp³-hybridized carbons (Fsp3) is 0.0909. The van der Waals surface area contributed by atoms with Crippen LogP contribution in [-0.2, 0) is 5.33 Å². The van der Waals surface area contributed by atoms with Gasteiger partial charge < -0.3 is 0 Å². The highest BCUT2D eigenvalue weighted by Crippen LogP contribution is 2.24. The van der Waals surface area contributed by atoms with Gasteiger partial charge in [0, 0.05) is 10.4 Å². The molecule has 0 fully saturated rings. The summed E-state index contributed by atoms with van der Waals surface area (Å²) in [6.07, 6.45) is 0. The smallest absolute Gasteiger partial charge is 0.0412 e. The first-order valence-corrected chi connectivity index (χ1v) is 5.54. The van der Waals surface area contributed by atoms with Crippen LogP contribution < -0.4 is 0 Å². The molecular weight excluding hydrogens is 247 g/mol. The van der Waals surface area contributed by atoms with Gasteiger partial charge in [-0.2, -0.15) is 0 Å². The molecule has 13 heavy (non-hydrogen) atoms. The van der Waals surface area contributed by atoms with E-state index in [1.165, 1.54) is 16.3 Å². The van der Waals surface area contributed by atoms with E-state index in [0.717, 1.165) is 10.4 Å². The summed E-state index contributed by atoms with van der Waals surface area (Å²) in [6, 6.07) is 12.2. The Morgan fingerprint density at radius 1 is 1.15 bits per heavy atom. The van der Waals surface area contributed by atoms with Crippen LogP contribution in [0, 0.1) is 0 Å². The summed E-state index contributed by atoms with van der Waals surface area (Å²) in [5, 5.41) is 4.12. The summed E-state index contributed by atoms with van der Waals surface area (Å²) in [5.41, 5.74) is 1.28. The number of benzene rings is 2. The van der Waals surface area contributed by atoms with Crippen LogP contribution in [0.4, 0.5) is 0 Å². The van der Waals surface area contributed by atoms with Crippen LogP contribution in [-0.4, -0.2) is 0 Å². The van der Waals surface area contributed by atoms with E-state index in [1.807, 2.05) is 18.2 Å². The van der Waals surface area contributed by atoms with Crippen LogP contribution in [0.5, 0.6) is 0 Å². The van der Waals surface area contributed by atoms with Gasteiger partial charge >= 0.3 is 0 Å². The molecule has 0 aliphatic carbocycles. The fourth-order valence-electron chi connectivity index (χ4n) is 1.43. The lowest BCUT2D eigenvalue weighted by molar-refractivity contribution is 1.49. The fourth-order valence-corrected chi connectivity index (χ4v) is 2.09. The Balaban J connectivity index is 2.79. The molecule has 0 heterocycles. The second kappa shape index (κ2) is 3.69. The first-order chi connectivity index (χ1) is 6.31. The van der Waals surface area contributed by atoms with Gasteiger partial charge in [-0.15, -0.1) is 0 Å². The summed E-state index contributed by atoms with van der Waals surface area (Å²) < 4.78 is 0. The van der Waals surface area contributed by atoms with E-state index in [9.17, 15) is 0 Å². The van der Waals surface area contributed by atoms with Crippen LogP contribution in [0.1, 0.15) is 5.56 Å². The molecule has 0 saturated carbocycles. The number of hydrogen-bond donors (Lipinski definition) is 0. The molecule has 0 amide bonds. The number of fused-ring (bicyclic) bond motifs is 1. The molecule has 0 spiro atoms. The minimum Gasteiger partial charge on any atom is -0.0876 e. The summed E-state index contributed by atoms with van der Waals surface area (Å²) in [7, 11) is 0. The third-order valence-electron chi connectivity index (χ3n) is 2.08. The molecule has 0 aromatic heterocycles. The van der Waals surface area contributed by atoms with Crippen molar-refractivity contribution in [1.29, 1.82) is 0 Å². The van der Waals surface area contributed by atoms with Gasteiger partial charge in [-0.1, -0.05) is 51.8 Å². The van der Waals surface area contributed by atoms with E-state index in [4.69, 9.17) is 11.6 Å². The Bertz CT molecular complexity index is 437. The summed E-state index contributed by atoms with van der Waals surface area (Å²) in [6.45, 7) is 0. The molecular formula is C11H8BrCl. The maximum absolute atomic E-state index is 5.93. The van der Waals surface area contributed by atoms with E-state index in [2.05, 4.69) is 34.1 Å². The van der Waals surface area contributed by atoms with Crippen LogP contribution in [0.2, 0.25) is 5.02 Å². The first kappa shape index (κ1) is 9.04. The minimum absolute atomic E-state index is 0.793. The molecule has 0 nitrogen and oxygen atoms in total. The average molecular weight is 256 g/mol. The van der Waals surface area contributed by atoms with Crippen molar-refractivity contribution in [2.75, 3.05) is 0 Å². The van der Waals surface area contributed by atoms with Gasteiger partial charge in [0.25, 0.3) is 0 Å². The lowest BCUT2D eigenvalue weighted by Crippen LogP contribution is -1.80. The zero-order valence-corrected chi connectivity index (χ0v) is 9.27. The van der Waals surface area contributed by atoms with Crippen molar-refractivity contribution >= 4 is 38.3 Å². The number of rotatable bonds is 1. The zero-order chi connectivity index (χ0) is 9.26. The van der Waals surface area contributed by atoms with Gasteiger partial charge in [-0.05, 0) is 28.5 Å². The lowest BCUT2D eigenvalue weighted by atomic mass is 10.1.